The number of aryl methyl sites for hydroxylation is 1. The van der Waals surface area contributed by atoms with Crippen molar-refractivity contribution >= 4 is 35.0 Å². The van der Waals surface area contributed by atoms with Gasteiger partial charge in [0.2, 0.25) is 0 Å². The molecule has 20 heavy (non-hydrogen) atoms. The minimum absolute atomic E-state index is 0.411. The number of benzene rings is 1. The standard InChI is InChI=1S/C15H13ClO3S/c1-10-2-6-14(13(16)8-10)19-9-12-4-3-11(20-12)5-7-15(17)18/h2-8H,9H2,1H3,(H,17,18). The summed E-state index contributed by atoms with van der Waals surface area (Å²) in [5.74, 6) is -0.309. The Balaban J connectivity index is 1.99. The Hall–Kier alpha value is -1.78. The molecule has 2 aromatic rings. The SMILES string of the molecule is Cc1ccc(OCc2ccc(C=CC(=O)O)s2)c(Cl)c1. The van der Waals surface area contributed by atoms with Gasteiger partial charge in [0.05, 0.1) is 5.02 Å². The zero-order valence-electron chi connectivity index (χ0n) is 10.8. The molecular formula is C15H13ClO3S. The Labute approximate surface area is 126 Å². The molecule has 0 aliphatic heterocycles. The van der Waals surface area contributed by atoms with E-state index in [1.165, 1.54) is 11.3 Å². The van der Waals surface area contributed by atoms with Crippen LogP contribution >= 0.6 is 22.9 Å². The summed E-state index contributed by atoms with van der Waals surface area (Å²) >= 11 is 7.57. The number of rotatable bonds is 5. The molecule has 0 aliphatic rings. The normalized spacial score (nSPS) is 10.9. The average Bonchev–Trinajstić information content (AvgIpc) is 2.83. The first-order valence-electron chi connectivity index (χ1n) is 5.93. The van der Waals surface area contributed by atoms with Gasteiger partial charge in [0.1, 0.15) is 12.4 Å². The fourth-order valence-corrected chi connectivity index (χ4v) is 2.71. The smallest absolute Gasteiger partial charge is 0.328 e. The van der Waals surface area contributed by atoms with Crippen LogP contribution in [0, 0.1) is 6.92 Å². The number of carbonyl (C=O) groups is 1. The molecule has 104 valence electrons. The predicted octanol–water partition coefficient (Wildman–Crippen LogP) is 4.39. The van der Waals surface area contributed by atoms with Gasteiger partial charge >= 0.3 is 5.97 Å². The molecule has 1 aromatic heterocycles. The van der Waals surface area contributed by atoms with Crippen molar-refractivity contribution in [1.82, 2.24) is 0 Å². The van der Waals surface area contributed by atoms with Gasteiger partial charge in [0.25, 0.3) is 0 Å². The maximum absolute atomic E-state index is 10.4. The largest absolute Gasteiger partial charge is 0.487 e. The van der Waals surface area contributed by atoms with Crippen LogP contribution in [-0.4, -0.2) is 11.1 Å². The third kappa shape index (κ3) is 4.11. The summed E-state index contributed by atoms with van der Waals surface area (Å²) in [5.41, 5.74) is 1.08. The quantitative estimate of drug-likeness (QED) is 0.833. The molecule has 0 fully saturated rings. The minimum Gasteiger partial charge on any atom is -0.487 e. The van der Waals surface area contributed by atoms with Crippen LogP contribution in [0.4, 0.5) is 0 Å². The molecule has 3 nitrogen and oxygen atoms in total. The molecule has 0 unspecified atom stereocenters. The van der Waals surface area contributed by atoms with Gasteiger partial charge in [-0.25, -0.2) is 4.79 Å². The van der Waals surface area contributed by atoms with E-state index in [1.54, 1.807) is 6.08 Å². The highest BCUT2D eigenvalue weighted by Gasteiger charge is 2.04. The second-order valence-electron chi connectivity index (χ2n) is 4.20. The molecule has 0 amide bonds. The highest BCUT2D eigenvalue weighted by Crippen LogP contribution is 2.27. The van der Waals surface area contributed by atoms with E-state index in [-0.39, 0.29) is 0 Å². The lowest BCUT2D eigenvalue weighted by Crippen LogP contribution is -1.93. The van der Waals surface area contributed by atoms with Crippen molar-refractivity contribution in [3.63, 3.8) is 0 Å². The third-order valence-corrected chi connectivity index (χ3v) is 3.85. The van der Waals surface area contributed by atoms with Crippen LogP contribution in [0.5, 0.6) is 5.75 Å². The molecule has 0 saturated heterocycles. The number of ether oxygens (including phenoxy) is 1. The fraction of sp³-hybridized carbons (Fsp3) is 0.133. The summed E-state index contributed by atoms with van der Waals surface area (Å²) in [4.78, 5) is 12.3. The van der Waals surface area contributed by atoms with E-state index in [0.29, 0.717) is 17.4 Å². The Morgan fingerprint density at radius 1 is 1.40 bits per heavy atom. The van der Waals surface area contributed by atoms with Gasteiger partial charge in [0, 0.05) is 15.8 Å². The van der Waals surface area contributed by atoms with Crippen LogP contribution in [0.15, 0.2) is 36.4 Å². The summed E-state index contributed by atoms with van der Waals surface area (Å²) < 4.78 is 5.65. The van der Waals surface area contributed by atoms with E-state index < -0.39 is 5.97 Å². The monoisotopic (exact) mass is 308 g/mol. The summed E-state index contributed by atoms with van der Waals surface area (Å²) in [6.07, 6.45) is 2.68. The van der Waals surface area contributed by atoms with Gasteiger partial charge in [-0.2, -0.15) is 0 Å². The number of aliphatic carboxylic acids is 1. The van der Waals surface area contributed by atoms with Gasteiger partial charge in [-0.1, -0.05) is 17.7 Å². The number of halogens is 1. The van der Waals surface area contributed by atoms with Crippen molar-refractivity contribution in [2.24, 2.45) is 0 Å². The lowest BCUT2D eigenvalue weighted by atomic mass is 10.2. The van der Waals surface area contributed by atoms with Gasteiger partial charge in [-0.3, -0.25) is 0 Å². The Morgan fingerprint density at radius 3 is 2.90 bits per heavy atom. The first kappa shape index (κ1) is 14.6. The zero-order valence-corrected chi connectivity index (χ0v) is 12.4. The summed E-state index contributed by atoms with van der Waals surface area (Å²) in [6, 6.07) is 9.41. The van der Waals surface area contributed by atoms with Crippen LogP contribution in [-0.2, 0) is 11.4 Å². The molecule has 0 bridgehead atoms. The van der Waals surface area contributed by atoms with Crippen molar-refractivity contribution in [3.05, 3.63) is 56.7 Å². The van der Waals surface area contributed by atoms with Gasteiger partial charge in [-0.15, -0.1) is 11.3 Å². The van der Waals surface area contributed by atoms with Crippen LogP contribution in [0.3, 0.4) is 0 Å². The Bertz CT molecular complexity index is 646. The van der Waals surface area contributed by atoms with Crippen LogP contribution in [0.1, 0.15) is 15.3 Å². The molecule has 0 aliphatic carbocycles. The number of hydrogen-bond donors (Lipinski definition) is 1. The van der Waals surface area contributed by atoms with E-state index in [9.17, 15) is 4.79 Å². The first-order chi connectivity index (χ1) is 9.54. The van der Waals surface area contributed by atoms with E-state index in [1.807, 2.05) is 37.3 Å². The lowest BCUT2D eigenvalue weighted by Gasteiger charge is -2.07. The second kappa shape index (κ2) is 6.59. The highest BCUT2D eigenvalue weighted by atomic mass is 35.5. The van der Waals surface area contributed by atoms with Crippen molar-refractivity contribution in [2.45, 2.75) is 13.5 Å². The van der Waals surface area contributed by atoms with Crippen LogP contribution in [0.25, 0.3) is 6.08 Å². The summed E-state index contributed by atoms with van der Waals surface area (Å²) in [7, 11) is 0. The molecule has 2 rings (SSSR count). The van der Waals surface area contributed by atoms with E-state index in [0.717, 1.165) is 21.4 Å². The number of thiophene rings is 1. The molecular weight excluding hydrogens is 296 g/mol. The number of hydrogen-bond acceptors (Lipinski definition) is 3. The van der Waals surface area contributed by atoms with Crippen molar-refractivity contribution in [3.8, 4) is 5.75 Å². The van der Waals surface area contributed by atoms with Gasteiger partial charge in [0.15, 0.2) is 0 Å². The third-order valence-electron chi connectivity index (χ3n) is 2.53. The highest BCUT2D eigenvalue weighted by molar-refractivity contribution is 7.12. The minimum atomic E-state index is -0.956. The maximum atomic E-state index is 10.4. The molecule has 5 heteroatoms. The van der Waals surface area contributed by atoms with Crippen molar-refractivity contribution in [1.29, 1.82) is 0 Å². The average molecular weight is 309 g/mol. The van der Waals surface area contributed by atoms with Crippen molar-refractivity contribution < 1.29 is 14.6 Å². The van der Waals surface area contributed by atoms with Crippen molar-refractivity contribution in [2.75, 3.05) is 0 Å². The summed E-state index contributed by atoms with van der Waals surface area (Å²) in [6.45, 7) is 2.38. The zero-order chi connectivity index (χ0) is 14.5. The molecule has 1 aromatic carbocycles. The molecule has 0 atom stereocenters. The van der Waals surface area contributed by atoms with E-state index in [4.69, 9.17) is 21.4 Å². The molecule has 0 radical (unpaired) electrons. The lowest BCUT2D eigenvalue weighted by molar-refractivity contribution is -0.131. The topological polar surface area (TPSA) is 46.5 Å². The Kier molecular flexibility index (Phi) is 4.82. The Morgan fingerprint density at radius 2 is 2.20 bits per heavy atom. The summed E-state index contributed by atoms with van der Waals surface area (Å²) in [5, 5.41) is 9.16. The molecule has 1 heterocycles. The second-order valence-corrected chi connectivity index (χ2v) is 5.81. The maximum Gasteiger partial charge on any atom is 0.328 e. The fourth-order valence-electron chi connectivity index (χ4n) is 1.59. The number of carboxylic acid groups (broad SMARTS) is 1. The molecule has 0 spiro atoms. The predicted molar refractivity (Wildman–Crippen MR) is 81.5 cm³/mol. The van der Waals surface area contributed by atoms with E-state index >= 15 is 0 Å². The van der Waals surface area contributed by atoms with E-state index in [2.05, 4.69) is 0 Å². The first-order valence-corrected chi connectivity index (χ1v) is 7.13. The number of carboxylic acids is 1. The van der Waals surface area contributed by atoms with Crippen LogP contribution in [0.2, 0.25) is 5.02 Å². The van der Waals surface area contributed by atoms with Gasteiger partial charge in [-0.05, 0) is 42.8 Å². The molecule has 1 N–H and O–H groups in total. The van der Waals surface area contributed by atoms with Gasteiger partial charge < -0.3 is 9.84 Å². The van der Waals surface area contributed by atoms with Crippen LogP contribution < -0.4 is 4.74 Å². The molecule has 0 saturated carbocycles.